The molecule has 0 amide bonds. The summed E-state index contributed by atoms with van der Waals surface area (Å²) in [7, 11) is 1.61. The summed E-state index contributed by atoms with van der Waals surface area (Å²) in [4.78, 5) is 0. The number of methoxy groups -OCH3 is 1. The highest BCUT2D eigenvalue weighted by molar-refractivity contribution is 5.02. The van der Waals surface area contributed by atoms with Crippen LogP contribution in [0.2, 0.25) is 0 Å². The first kappa shape index (κ1) is 13.9. The van der Waals surface area contributed by atoms with E-state index in [-0.39, 0.29) is 18.5 Å². The summed E-state index contributed by atoms with van der Waals surface area (Å²) in [6.07, 6.45) is -0.0181. The van der Waals surface area contributed by atoms with Crippen molar-refractivity contribution >= 4 is 0 Å². The van der Waals surface area contributed by atoms with Crippen LogP contribution < -0.4 is 0 Å². The maximum atomic E-state index is 10.4. The second kappa shape index (κ2) is 4.61. The van der Waals surface area contributed by atoms with E-state index in [1.54, 1.807) is 14.0 Å². The summed E-state index contributed by atoms with van der Waals surface area (Å²) >= 11 is 0. The molecule has 1 N–H and O–H groups in total. The Hall–Kier alpha value is -0.160. The molecule has 1 saturated heterocycles. The van der Waals surface area contributed by atoms with Gasteiger partial charge in [-0.15, -0.1) is 0 Å². The molecule has 0 aromatic rings. The van der Waals surface area contributed by atoms with Crippen LogP contribution in [0.5, 0.6) is 0 Å². The van der Waals surface area contributed by atoms with Crippen LogP contribution in [-0.4, -0.2) is 41.9 Å². The first-order chi connectivity index (χ1) is 7.23. The van der Waals surface area contributed by atoms with E-state index in [1.165, 1.54) is 0 Å². The van der Waals surface area contributed by atoms with Crippen molar-refractivity contribution in [2.24, 2.45) is 0 Å². The van der Waals surface area contributed by atoms with E-state index in [0.29, 0.717) is 6.42 Å². The number of hydrogen-bond donors (Lipinski definition) is 1. The summed E-state index contributed by atoms with van der Waals surface area (Å²) in [5.41, 5.74) is -1.66. The summed E-state index contributed by atoms with van der Waals surface area (Å²) in [5, 5.41) is 10.4. The molecule has 1 fully saturated rings. The molecule has 16 heavy (non-hydrogen) atoms. The van der Waals surface area contributed by atoms with Crippen molar-refractivity contribution in [3.8, 4) is 0 Å². The van der Waals surface area contributed by atoms with E-state index in [4.69, 9.17) is 14.2 Å². The van der Waals surface area contributed by atoms with Crippen LogP contribution in [0.1, 0.15) is 41.0 Å². The quantitative estimate of drug-likeness (QED) is 0.804. The predicted molar refractivity (Wildman–Crippen MR) is 61.2 cm³/mol. The summed E-state index contributed by atoms with van der Waals surface area (Å²) < 4.78 is 16.8. The molecule has 0 aromatic heterocycles. The topological polar surface area (TPSA) is 47.9 Å². The Labute approximate surface area is 97.9 Å². The Bertz CT molecular complexity index is 239. The van der Waals surface area contributed by atoms with Gasteiger partial charge in [-0.1, -0.05) is 0 Å². The fourth-order valence-corrected chi connectivity index (χ4v) is 2.04. The third kappa shape index (κ3) is 2.40. The third-order valence-electron chi connectivity index (χ3n) is 3.65. The average Bonchev–Trinajstić information content (AvgIpc) is 2.14. The van der Waals surface area contributed by atoms with Gasteiger partial charge in [0.2, 0.25) is 0 Å². The first-order valence-electron chi connectivity index (χ1n) is 5.81. The SMILES string of the molecule is COC1(C)CC(OC(C)C)OC(C)C1(C)O. The standard InChI is InChI=1S/C12H24O4/c1-8(2)15-10-7-11(4,14-6)12(5,13)9(3)16-10/h8-10,13H,7H2,1-6H3. The lowest BCUT2D eigenvalue weighted by molar-refractivity contribution is -0.317. The second-order valence-electron chi connectivity index (χ2n) is 5.18. The van der Waals surface area contributed by atoms with E-state index in [0.717, 1.165) is 0 Å². The van der Waals surface area contributed by atoms with Gasteiger partial charge in [0.15, 0.2) is 6.29 Å². The molecular weight excluding hydrogens is 208 g/mol. The largest absolute Gasteiger partial charge is 0.384 e. The zero-order chi connectivity index (χ0) is 12.6. The summed E-state index contributed by atoms with van der Waals surface area (Å²) in [5.74, 6) is 0. The zero-order valence-corrected chi connectivity index (χ0v) is 11.1. The van der Waals surface area contributed by atoms with Gasteiger partial charge in [-0.2, -0.15) is 0 Å². The van der Waals surface area contributed by atoms with Crippen molar-refractivity contribution < 1.29 is 19.3 Å². The van der Waals surface area contributed by atoms with Crippen LogP contribution in [0.25, 0.3) is 0 Å². The average molecular weight is 232 g/mol. The molecule has 0 bridgehead atoms. The van der Waals surface area contributed by atoms with Crippen molar-refractivity contribution in [3.63, 3.8) is 0 Å². The minimum absolute atomic E-state index is 0.0985. The van der Waals surface area contributed by atoms with E-state index < -0.39 is 11.2 Å². The van der Waals surface area contributed by atoms with Crippen LogP contribution in [0.4, 0.5) is 0 Å². The van der Waals surface area contributed by atoms with Gasteiger partial charge in [0, 0.05) is 13.5 Å². The van der Waals surface area contributed by atoms with E-state index >= 15 is 0 Å². The highest BCUT2D eigenvalue weighted by Crippen LogP contribution is 2.40. The van der Waals surface area contributed by atoms with Crippen LogP contribution in [0.3, 0.4) is 0 Å². The van der Waals surface area contributed by atoms with E-state index in [2.05, 4.69) is 0 Å². The lowest BCUT2D eigenvalue weighted by Crippen LogP contribution is -2.64. The van der Waals surface area contributed by atoms with Crippen LogP contribution >= 0.6 is 0 Å². The van der Waals surface area contributed by atoms with Crippen molar-refractivity contribution in [2.75, 3.05) is 7.11 Å². The first-order valence-corrected chi connectivity index (χ1v) is 5.81. The maximum Gasteiger partial charge on any atom is 0.161 e. The molecule has 96 valence electrons. The predicted octanol–water partition coefficient (Wildman–Crippen LogP) is 1.70. The minimum atomic E-state index is -1.02. The highest BCUT2D eigenvalue weighted by Gasteiger charge is 2.54. The molecule has 1 heterocycles. The molecule has 1 rings (SSSR count). The summed E-state index contributed by atoms with van der Waals surface area (Å²) in [6.45, 7) is 9.40. The molecule has 1 aliphatic heterocycles. The maximum absolute atomic E-state index is 10.4. The molecule has 4 nitrogen and oxygen atoms in total. The monoisotopic (exact) mass is 232 g/mol. The molecule has 1 aliphatic rings. The van der Waals surface area contributed by atoms with Gasteiger partial charge < -0.3 is 19.3 Å². The molecule has 4 unspecified atom stereocenters. The van der Waals surface area contributed by atoms with Gasteiger partial charge in [-0.3, -0.25) is 0 Å². The van der Waals surface area contributed by atoms with E-state index in [1.807, 2.05) is 27.7 Å². The molecular formula is C12H24O4. The number of hydrogen-bond acceptors (Lipinski definition) is 4. The van der Waals surface area contributed by atoms with Crippen molar-refractivity contribution in [2.45, 2.75) is 70.7 Å². The normalized spacial score (nSPS) is 45.0. The molecule has 4 heteroatoms. The van der Waals surface area contributed by atoms with Gasteiger partial charge in [-0.05, 0) is 34.6 Å². The van der Waals surface area contributed by atoms with Crippen LogP contribution in [-0.2, 0) is 14.2 Å². The molecule has 0 aliphatic carbocycles. The highest BCUT2D eigenvalue weighted by atomic mass is 16.7. The van der Waals surface area contributed by atoms with Gasteiger partial charge >= 0.3 is 0 Å². The Balaban J connectivity index is 2.82. The number of rotatable bonds is 3. The van der Waals surface area contributed by atoms with Gasteiger partial charge in [0.25, 0.3) is 0 Å². The molecule has 0 saturated carbocycles. The fraction of sp³-hybridized carbons (Fsp3) is 1.00. The van der Waals surface area contributed by atoms with Gasteiger partial charge in [-0.25, -0.2) is 0 Å². The lowest BCUT2D eigenvalue weighted by atomic mass is 9.77. The molecule has 0 radical (unpaired) electrons. The molecule has 0 spiro atoms. The number of aliphatic hydroxyl groups is 1. The van der Waals surface area contributed by atoms with Crippen molar-refractivity contribution in [3.05, 3.63) is 0 Å². The molecule has 4 atom stereocenters. The molecule has 0 aromatic carbocycles. The Morgan fingerprint density at radius 2 is 1.94 bits per heavy atom. The van der Waals surface area contributed by atoms with Crippen molar-refractivity contribution in [1.29, 1.82) is 0 Å². The van der Waals surface area contributed by atoms with Crippen molar-refractivity contribution in [1.82, 2.24) is 0 Å². The minimum Gasteiger partial charge on any atom is -0.384 e. The third-order valence-corrected chi connectivity index (χ3v) is 3.65. The summed E-state index contributed by atoms with van der Waals surface area (Å²) in [6, 6.07) is 0. The van der Waals surface area contributed by atoms with Crippen LogP contribution in [0, 0.1) is 0 Å². The van der Waals surface area contributed by atoms with Gasteiger partial charge in [0.1, 0.15) is 11.2 Å². The Kier molecular flexibility index (Phi) is 4.00. The van der Waals surface area contributed by atoms with Crippen LogP contribution in [0.15, 0.2) is 0 Å². The fourth-order valence-electron chi connectivity index (χ4n) is 2.04. The Morgan fingerprint density at radius 3 is 2.38 bits per heavy atom. The Morgan fingerprint density at radius 1 is 1.38 bits per heavy atom. The number of ether oxygens (including phenoxy) is 3. The zero-order valence-electron chi connectivity index (χ0n) is 11.1. The second-order valence-corrected chi connectivity index (χ2v) is 5.18. The van der Waals surface area contributed by atoms with Gasteiger partial charge in [0.05, 0.1) is 12.2 Å². The van der Waals surface area contributed by atoms with E-state index in [9.17, 15) is 5.11 Å². The smallest absolute Gasteiger partial charge is 0.161 e. The lowest BCUT2D eigenvalue weighted by Gasteiger charge is -2.51.